The van der Waals surface area contributed by atoms with Crippen LogP contribution in [0.2, 0.25) is 0 Å². The second-order valence-corrected chi connectivity index (χ2v) is 5.53. The van der Waals surface area contributed by atoms with E-state index >= 15 is 0 Å². The molecule has 0 atom stereocenters. The van der Waals surface area contributed by atoms with Crippen molar-refractivity contribution in [1.82, 2.24) is 5.32 Å². The van der Waals surface area contributed by atoms with E-state index in [1.165, 1.54) is 32.1 Å². The van der Waals surface area contributed by atoms with Gasteiger partial charge in [-0.2, -0.15) is 0 Å². The van der Waals surface area contributed by atoms with Crippen molar-refractivity contribution < 1.29 is 0 Å². The SMILES string of the molecule is CC(C)(C)NCC1(N)CCCCC1. The van der Waals surface area contributed by atoms with Crippen LogP contribution in [0.25, 0.3) is 0 Å². The molecule has 1 aliphatic carbocycles. The molecule has 1 fully saturated rings. The van der Waals surface area contributed by atoms with Crippen molar-refractivity contribution in [3.63, 3.8) is 0 Å². The minimum Gasteiger partial charge on any atom is -0.324 e. The minimum atomic E-state index is 0.0749. The maximum absolute atomic E-state index is 6.30. The molecule has 0 saturated heterocycles. The molecule has 1 rings (SSSR count). The second-order valence-electron chi connectivity index (χ2n) is 5.53. The molecule has 0 heterocycles. The summed E-state index contributed by atoms with van der Waals surface area (Å²) in [5.41, 5.74) is 6.58. The predicted octanol–water partition coefficient (Wildman–Crippen LogP) is 2.04. The molecule has 0 amide bonds. The van der Waals surface area contributed by atoms with Crippen molar-refractivity contribution in [2.75, 3.05) is 6.54 Å². The molecule has 78 valence electrons. The standard InChI is InChI=1S/C11H24N2/c1-10(2,3)13-9-11(12)7-5-4-6-8-11/h13H,4-9,12H2,1-3H3. The fourth-order valence-corrected chi connectivity index (χ4v) is 1.87. The molecule has 2 heteroatoms. The number of rotatable bonds is 2. The third kappa shape index (κ3) is 4.10. The molecule has 0 aromatic heterocycles. The zero-order chi connectivity index (χ0) is 9.95. The lowest BCUT2D eigenvalue weighted by Crippen LogP contribution is -2.54. The zero-order valence-corrected chi connectivity index (χ0v) is 9.32. The van der Waals surface area contributed by atoms with Gasteiger partial charge in [-0.25, -0.2) is 0 Å². The molecule has 0 spiro atoms. The van der Waals surface area contributed by atoms with Gasteiger partial charge in [0, 0.05) is 17.6 Å². The minimum absolute atomic E-state index is 0.0749. The van der Waals surface area contributed by atoms with Crippen molar-refractivity contribution in [1.29, 1.82) is 0 Å². The quantitative estimate of drug-likeness (QED) is 0.689. The third-order valence-electron chi connectivity index (χ3n) is 2.82. The Bertz CT molecular complexity index is 152. The molecular formula is C11H24N2. The van der Waals surface area contributed by atoms with Crippen molar-refractivity contribution in [3.8, 4) is 0 Å². The van der Waals surface area contributed by atoms with E-state index in [0.717, 1.165) is 6.54 Å². The molecule has 2 nitrogen and oxygen atoms in total. The lowest BCUT2D eigenvalue weighted by atomic mass is 9.82. The largest absolute Gasteiger partial charge is 0.324 e. The maximum Gasteiger partial charge on any atom is 0.0281 e. The van der Waals surface area contributed by atoms with Gasteiger partial charge in [-0.05, 0) is 33.6 Å². The molecule has 0 unspecified atom stereocenters. The summed E-state index contributed by atoms with van der Waals surface area (Å²) in [5.74, 6) is 0. The van der Waals surface area contributed by atoms with Gasteiger partial charge in [0.2, 0.25) is 0 Å². The zero-order valence-electron chi connectivity index (χ0n) is 9.32. The van der Waals surface area contributed by atoms with E-state index in [0.29, 0.717) is 0 Å². The van der Waals surface area contributed by atoms with Crippen molar-refractivity contribution in [2.24, 2.45) is 5.73 Å². The summed E-state index contributed by atoms with van der Waals surface area (Å²) in [6, 6.07) is 0. The first-order chi connectivity index (χ1) is 5.91. The number of nitrogens with two attached hydrogens (primary N) is 1. The Morgan fingerprint density at radius 1 is 1.15 bits per heavy atom. The summed E-state index contributed by atoms with van der Waals surface area (Å²) < 4.78 is 0. The van der Waals surface area contributed by atoms with Gasteiger partial charge in [-0.3, -0.25) is 0 Å². The summed E-state index contributed by atoms with van der Waals surface area (Å²) >= 11 is 0. The Balaban J connectivity index is 2.33. The lowest BCUT2D eigenvalue weighted by Gasteiger charge is -2.36. The molecule has 1 aliphatic rings. The Kier molecular flexibility index (Phi) is 3.36. The van der Waals surface area contributed by atoms with E-state index in [1.54, 1.807) is 0 Å². The Morgan fingerprint density at radius 2 is 1.69 bits per heavy atom. The van der Waals surface area contributed by atoms with Crippen molar-refractivity contribution >= 4 is 0 Å². The van der Waals surface area contributed by atoms with Crippen LogP contribution in [0.15, 0.2) is 0 Å². The van der Waals surface area contributed by atoms with Gasteiger partial charge in [-0.1, -0.05) is 19.3 Å². The lowest BCUT2D eigenvalue weighted by molar-refractivity contribution is 0.257. The topological polar surface area (TPSA) is 38.0 Å². The molecule has 0 aliphatic heterocycles. The smallest absolute Gasteiger partial charge is 0.0281 e. The van der Waals surface area contributed by atoms with Crippen LogP contribution in [0.1, 0.15) is 52.9 Å². The third-order valence-corrected chi connectivity index (χ3v) is 2.82. The number of nitrogens with one attached hydrogen (secondary N) is 1. The van der Waals surface area contributed by atoms with Crippen LogP contribution in [-0.2, 0) is 0 Å². The first-order valence-electron chi connectivity index (χ1n) is 5.45. The molecule has 0 radical (unpaired) electrons. The van der Waals surface area contributed by atoms with E-state index in [9.17, 15) is 0 Å². The Morgan fingerprint density at radius 3 is 2.15 bits per heavy atom. The fourth-order valence-electron chi connectivity index (χ4n) is 1.87. The second kappa shape index (κ2) is 3.97. The average Bonchev–Trinajstić information content (AvgIpc) is 2.02. The predicted molar refractivity (Wildman–Crippen MR) is 57.8 cm³/mol. The van der Waals surface area contributed by atoms with Crippen LogP contribution in [0.3, 0.4) is 0 Å². The number of hydrogen-bond acceptors (Lipinski definition) is 2. The fraction of sp³-hybridized carbons (Fsp3) is 1.00. The summed E-state index contributed by atoms with van der Waals surface area (Å²) in [6.07, 6.45) is 6.37. The normalized spacial score (nSPS) is 23.1. The first kappa shape index (κ1) is 11.0. The Labute approximate surface area is 82.3 Å². The molecular weight excluding hydrogens is 160 g/mol. The maximum atomic E-state index is 6.30. The summed E-state index contributed by atoms with van der Waals surface area (Å²) in [4.78, 5) is 0. The molecule has 1 saturated carbocycles. The summed E-state index contributed by atoms with van der Waals surface area (Å²) in [6.45, 7) is 7.55. The highest BCUT2D eigenvalue weighted by Crippen LogP contribution is 2.25. The van der Waals surface area contributed by atoms with E-state index in [4.69, 9.17) is 5.73 Å². The van der Waals surface area contributed by atoms with E-state index in [-0.39, 0.29) is 11.1 Å². The van der Waals surface area contributed by atoms with E-state index < -0.39 is 0 Å². The highest BCUT2D eigenvalue weighted by Gasteiger charge is 2.28. The van der Waals surface area contributed by atoms with Crippen molar-refractivity contribution in [2.45, 2.75) is 64.0 Å². The molecule has 13 heavy (non-hydrogen) atoms. The monoisotopic (exact) mass is 184 g/mol. The average molecular weight is 184 g/mol. The van der Waals surface area contributed by atoms with Crippen LogP contribution in [0, 0.1) is 0 Å². The highest BCUT2D eigenvalue weighted by atomic mass is 15.0. The van der Waals surface area contributed by atoms with Crippen molar-refractivity contribution in [3.05, 3.63) is 0 Å². The van der Waals surface area contributed by atoms with Crippen LogP contribution in [0.4, 0.5) is 0 Å². The molecule has 0 aromatic carbocycles. The first-order valence-corrected chi connectivity index (χ1v) is 5.45. The van der Waals surface area contributed by atoms with Crippen LogP contribution in [0.5, 0.6) is 0 Å². The van der Waals surface area contributed by atoms with Gasteiger partial charge in [-0.15, -0.1) is 0 Å². The molecule has 0 aromatic rings. The van der Waals surface area contributed by atoms with Gasteiger partial charge in [0.05, 0.1) is 0 Å². The highest BCUT2D eigenvalue weighted by molar-refractivity contribution is 4.91. The molecule has 0 bridgehead atoms. The van der Waals surface area contributed by atoms with Gasteiger partial charge < -0.3 is 11.1 Å². The summed E-state index contributed by atoms with van der Waals surface area (Å²) in [5, 5.41) is 3.51. The van der Waals surface area contributed by atoms with Gasteiger partial charge in [0.15, 0.2) is 0 Å². The Hall–Kier alpha value is -0.0800. The number of hydrogen-bond donors (Lipinski definition) is 2. The summed E-state index contributed by atoms with van der Waals surface area (Å²) in [7, 11) is 0. The van der Waals surface area contributed by atoms with Gasteiger partial charge >= 0.3 is 0 Å². The van der Waals surface area contributed by atoms with Crippen LogP contribution in [-0.4, -0.2) is 17.6 Å². The van der Waals surface area contributed by atoms with Gasteiger partial charge in [0.25, 0.3) is 0 Å². The van der Waals surface area contributed by atoms with E-state index in [1.807, 2.05) is 0 Å². The van der Waals surface area contributed by atoms with E-state index in [2.05, 4.69) is 26.1 Å². The van der Waals surface area contributed by atoms with Gasteiger partial charge in [0.1, 0.15) is 0 Å². The molecule has 3 N–H and O–H groups in total. The van der Waals surface area contributed by atoms with Crippen LogP contribution >= 0.6 is 0 Å². The van der Waals surface area contributed by atoms with Crippen LogP contribution < -0.4 is 11.1 Å².